The lowest BCUT2D eigenvalue weighted by Gasteiger charge is -2.16. The minimum Gasteiger partial charge on any atom is -0.467 e. The maximum absolute atomic E-state index is 5.78. The summed E-state index contributed by atoms with van der Waals surface area (Å²) in [7, 11) is 0. The molecule has 2 atom stereocenters. The molecule has 88 valence electrons. The molecule has 0 aliphatic rings. The largest absolute Gasteiger partial charge is 0.467 e. The van der Waals surface area contributed by atoms with E-state index in [0.717, 1.165) is 12.8 Å². The molecule has 0 radical (unpaired) electrons. The van der Waals surface area contributed by atoms with Gasteiger partial charge in [0.1, 0.15) is 0 Å². The standard InChI is InChI=1S/C12H24N2O/c1-5-11(13)7-9(3)15-10(4)8-12(14)6-2/h11-12H,3-8,13-14H2,1-2H3. The predicted molar refractivity (Wildman–Crippen MR) is 65.1 cm³/mol. The SMILES string of the molecule is C=C(CC(N)CC)OC(=C)CC(N)CC. The molecule has 0 amide bonds. The molecular weight excluding hydrogens is 188 g/mol. The van der Waals surface area contributed by atoms with E-state index in [1.807, 2.05) is 13.8 Å². The van der Waals surface area contributed by atoms with E-state index in [4.69, 9.17) is 16.2 Å². The van der Waals surface area contributed by atoms with Crippen molar-refractivity contribution in [2.24, 2.45) is 11.5 Å². The van der Waals surface area contributed by atoms with Gasteiger partial charge in [-0.05, 0) is 12.8 Å². The van der Waals surface area contributed by atoms with Crippen molar-refractivity contribution in [1.29, 1.82) is 0 Å². The molecule has 0 bridgehead atoms. The zero-order valence-corrected chi connectivity index (χ0v) is 9.96. The van der Waals surface area contributed by atoms with Crippen molar-refractivity contribution in [3.05, 3.63) is 24.7 Å². The summed E-state index contributed by atoms with van der Waals surface area (Å²) in [5.41, 5.74) is 11.6. The summed E-state index contributed by atoms with van der Waals surface area (Å²) < 4.78 is 5.45. The van der Waals surface area contributed by atoms with Gasteiger partial charge < -0.3 is 16.2 Å². The molecule has 0 aromatic rings. The lowest BCUT2D eigenvalue weighted by atomic mass is 10.1. The maximum Gasteiger partial charge on any atom is 0.0979 e. The van der Waals surface area contributed by atoms with Crippen molar-refractivity contribution >= 4 is 0 Å². The van der Waals surface area contributed by atoms with E-state index in [0.29, 0.717) is 24.4 Å². The number of ether oxygens (including phenoxy) is 1. The van der Waals surface area contributed by atoms with Gasteiger partial charge in [0.05, 0.1) is 11.5 Å². The van der Waals surface area contributed by atoms with E-state index in [1.54, 1.807) is 0 Å². The Morgan fingerprint density at radius 3 is 1.60 bits per heavy atom. The van der Waals surface area contributed by atoms with Gasteiger partial charge in [-0.3, -0.25) is 0 Å². The van der Waals surface area contributed by atoms with E-state index in [-0.39, 0.29) is 12.1 Å². The van der Waals surface area contributed by atoms with Crippen LogP contribution in [0.25, 0.3) is 0 Å². The van der Waals surface area contributed by atoms with Crippen molar-refractivity contribution < 1.29 is 4.74 Å². The zero-order chi connectivity index (χ0) is 11.8. The third kappa shape index (κ3) is 7.17. The van der Waals surface area contributed by atoms with Crippen LogP contribution in [0.15, 0.2) is 24.7 Å². The Hall–Kier alpha value is -0.800. The Morgan fingerprint density at radius 1 is 1.00 bits per heavy atom. The normalized spacial score (nSPS) is 14.4. The van der Waals surface area contributed by atoms with Crippen molar-refractivity contribution in [3.8, 4) is 0 Å². The smallest absolute Gasteiger partial charge is 0.0979 e. The molecule has 4 N–H and O–H groups in total. The quantitative estimate of drug-likeness (QED) is 0.607. The summed E-state index contributed by atoms with van der Waals surface area (Å²) in [4.78, 5) is 0. The summed E-state index contributed by atoms with van der Waals surface area (Å²) in [6.07, 6.45) is 3.19. The average molecular weight is 212 g/mol. The molecule has 0 aromatic carbocycles. The van der Waals surface area contributed by atoms with Crippen LogP contribution < -0.4 is 11.5 Å². The lowest BCUT2D eigenvalue weighted by molar-refractivity contribution is 0.266. The molecule has 0 saturated carbocycles. The molecule has 0 saturated heterocycles. The molecule has 0 fully saturated rings. The highest BCUT2D eigenvalue weighted by atomic mass is 16.5. The van der Waals surface area contributed by atoms with Crippen LogP contribution in [0.2, 0.25) is 0 Å². The summed E-state index contributed by atoms with van der Waals surface area (Å²) in [6.45, 7) is 11.7. The Balaban J connectivity index is 3.81. The third-order valence-corrected chi connectivity index (χ3v) is 2.32. The van der Waals surface area contributed by atoms with Crippen molar-refractivity contribution in [2.75, 3.05) is 0 Å². The number of hydrogen-bond donors (Lipinski definition) is 2. The maximum atomic E-state index is 5.78. The second kappa shape index (κ2) is 7.49. The minimum atomic E-state index is 0.116. The molecular formula is C12H24N2O. The fraction of sp³-hybridized carbons (Fsp3) is 0.667. The molecule has 0 aliphatic carbocycles. The molecule has 0 spiro atoms. The van der Waals surface area contributed by atoms with Crippen molar-refractivity contribution in [3.63, 3.8) is 0 Å². The first-order chi connectivity index (χ1) is 6.99. The Bertz CT molecular complexity index is 192. The Labute approximate surface area is 93.2 Å². The van der Waals surface area contributed by atoms with Crippen LogP contribution in [-0.2, 0) is 4.74 Å². The van der Waals surface area contributed by atoms with E-state index < -0.39 is 0 Å². The average Bonchev–Trinajstić information content (AvgIpc) is 2.16. The van der Waals surface area contributed by atoms with Gasteiger partial charge in [-0.25, -0.2) is 0 Å². The summed E-state index contributed by atoms with van der Waals surface area (Å²) in [5.74, 6) is 1.36. The second-order valence-electron chi connectivity index (χ2n) is 3.92. The highest BCUT2D eigenvalue weighted by molar-refractivity contribution is 4.96. The Morgan fingerprint density at radius 2 is 1.33 bits per heavy atom. The summed E-state index contributed by atoms with van der Waals surface area (Å²) in [5, 5.41) is 0. The number of hydrogen-bond acceptors (Lipinski definition) is 3. The molecule has 3 nitrogen and oxygen atoms in total. The lowest BCUT2D eigenvalue weighted by Crippen LogP contribution is -2.21. The van der Waals surface area contributed by atoms with Crippen LogP contribution in [0.4, 0.5) is 0 Å². The molecule has 3 heteroatoms. The van der Waals surface area contributed by atoms with Crippen LogP contribution in [0.1, 0.15) is 39.5 Å². The molecule has 0 aromatic heterocycles. The van der Waals surface area contributed by atoms with Crippen LogP contribution >= 0.6 is 0 Å². The molecule has 0 rings (SSSR count). The van der Waals surface area contributed by atoms with E-state index in [2.05, 4.69) is 13.2 Å². The van der Waals surface area contributed by atoms with Gasteiger partial charge in [0.2, 0.25) is 0 Å². The fourth-order valence-electron chi connectivity index (χ4n) is 1.16. The van der Waals surface area contributed by atoms with Crippen LogP contribution in [0, 0.1) is 0 Å². The Kier molecular flexibility index (Phi) is 7.09. The third-order valence-electron chi connectivity index (χ3n) is 2.32. The second-order valence-corrected chi connectivity index (χ2v) is 3.92. The first-order valence-corrected chi connectivity index (χ1v) is 5.54. The van der Waals surface area contributed by atoms with Crippen LogP contribution in [0.5, 0.6) is 0 Å². The van der Waals surface area contributed by atoms with Crippen molar-refractivity contribution in [1.82, 2.24) is 0 Å². The number of nitrogens with two attached hydrogens (primary N) is 2. The molecule has 2 unspecified atom stereocenters. The fourth-order valence-corrected chi connectivity index (χ4v) is 1.16. The highest BCUT2D eigenvalue weighted by Crippen LogP contribution is 2.14. The van der Waals surface area contributed by atoms with Gasteiger partial charge in [-0.1, -0.05) is 27.0 Å². The van der Waals surface area contributed by atoms with Crippen LogP contribution in [0.3, 0.4) is 0 Å². The minimum absolute atomic E-state index is 0.116. The highest BCUT2D eigenvalue weighted by Gasteiger charge is 2.07. The molecule has 0 heterocycles. The van der Waals surface area contributed by atoms with E-state index >= 15 is 0 Å². The van der Waals surface area contributed by atoms with E-state index in [9.17, 15) is 0 Å². The summed E-state index contributed by atoms with van der Waals surface area (Å²) >= 11 is 0. The van der Waals surface area contributed by atoms with Crippen LogP contribution in [-0.4, -0.2) is 12.1 Å². The summed E-state index contributed by atoms with van der Waals surface area (Å²) in [6, 6.07) is 0.232. The van der Waals surface area contributed by atoms with Gasteiger partial charge in [0.25, 0.3) is 0 Å². The monoisotopic (exact) mass is 212 g/mol. The molecule has 0 aliphatic heterocycles. The van der Waals surface area contributed by atoms with Gasteiger partial charge in [0.15, 0.2) is 0 Å². The predicted octanol–water partition coefficient (Wildman–Crippen LogP) is 2.29. The van der Waals surface area contributed by atoms with Gasteiger partial charge in [-0.2, -0.15) is 0 Å². The van der Waals surface area contributed by atoms with E-state index in [1.165, 1.54) is 0 Å². The van der Waals surface area contributed by atoms with Gasteiger partial charge >= 0.3 is 0 Å². The van der Waals surface area contributed by atoms with Crippen molar-refractivity contribution in [2.45, 2.75) is 51.6 Å². The topological polar surface area (TPSA) is 61.3 Å². The number of rotatable bonds is 8. The van der Waals surface area contributed by atoms with Gasteiger partial charge in [0, 0.05) is 24.9 Å². The first kappa shape index (κ1) is 14.2. The first-order valence-electron chi connectivity index (χ1n) is 5.54. The van der Waals surface area contributed by atoms with Gasteiger partial charge in [-0.15, -0.1) is 0 Å². The zero-order valence-electron chi connectivity index (χ0n) is 9.96. The molecule has 15 heavy (non-hydrogen) atoms.